The van der Waals surface area contributed by atoms with Crippen molar-refractivity contribution in [1.29, 1.82) is 0 Å². The van der Waals surface area contributed by atoms with Gasteiger partial charge in [0.25, 0.3) is 0 Å². The summed E-state index contributed by atoms with van der Waals surface area (Å²) in [6.07, 6.45) is 7.60. The van der Waals surface area contributed by atoms with Gasteiger partial charge in [-0.15, -0.1) is 0 Å². The Morgan fingerprint density at radius 1 is 0.857 bits per heavy atom. The molecule has 1 unspecified atom stereocenters. The molecule has 0 N–H and O–H groups in total. The van der Waals surface area contributed by atoms with Crippen LogP contribution in [0.25, 0.3) is 0 Å². The van der Waals surface area contributed by atoms with Gasteiger partial charge in [-0.05, 0) is 36.5 Å². The molecule has 108 valence electrons. The normalized spacial score (nSPS) is 21.7. The second-order valence-electron chi connectivity index (χ2n) is 6.21. The van der Waals surface area contributed by atoms with E-state index < -0.39 is 11.2 Å². The predicted molar refractivity (Wildman–Crippen MR) is 86.2 cm³/mol. The number of fused-ring (bicyclic) bond motifs is 2. The molecule has 1 heterocycles. The maximum atomic E-state index is 12.9. The Morgan fingerprint density at radius 3 is 2.48 bits per heavy atom. The summed E-state index contributed by atoms with van der Waals surface area (Å²) in [7, 11) is 0. The SMILES string of the molecule is [O-][S+]1c2ccccc2Cc2c(C3CCCCC3)cccc21. The van der Waals surface area contributed by atoms with Gasteiger partial charge in [-0.3, -0.25) is 0 Å². The summed E-state index contributed by atoms with van der Waals surface area (Å²) in [6.45, 7) is 0. The molecule has 0 spiro atoms. The molecule has 1 saturated carbocycles. The first-order valence-corrected chi connectivity index (χ1v) is 9.11. The first kappa shape index (κ1) is 13.4. The van der Waals surface area contributed by atoms with Crippen molar-refractivity contribution >= 4 is 11.2 Å². The van der Waals surface area contributed by atoms with Gasteiger partial charge in [-0.2, -0.15) is 0 Å². The van der Waals surface area contributed by atoms with E-state index in [0.29, 0.717) is 5.92 Å². The van der Waals surface area contributed by atoms with E-state index >= 15 is 0 Å². The van der Waals surface area contributed by atoms with Gasteiger partial charge in [0.05, 0.1) is 0 Å². The summed E-state index contributed by atoms with van der Waals surface area (Å²) in [5.41, 5.74) is 4.06. The average molecular weight is 296 g/mol. The van der Waals surface area contributed by atoms with Crippen LogP contribution in [0.3, 0.4) is 0 Å². The summed E-state index contributed by atoms with van der Waals surface area (Å²) < 4.78 is 12.9. The Morgan fingerprint density at radius 2 is 1.62 bits per heavy atom. The van der Waals surface area contributed by atoms with Crippen LogP contribution < -0.4 is 0 Å². The predicted octanol–water partition coefficient (Wildman–Crippen LogP) is 4.81. The molecular weight excluding hydrogens is 276 g/mol. The lowest BCUT2D eigenvalue weighted by Gasteiger charge is -2.28. The summed E-state index contributed by atoms with van der Waals surface area (Å²) >= 11 is -1.00. The standard InChI is InChI=1S/C19H20OS/c20-21-18-11-5-4-9-15(18)13-17-16(10-6-12-19(17)21)14-7-2-1-3-8-14/h4-6,9-12,14H,1-3,7-8,13H2. The Balaban J connectivity index is 1.79. The number of hydrogen-bond acceptors (Lipinski definition) is 1. The van der Waals surface area contributed by atoms with Crippen LogP contribution in [0.15, 0.2) is 52.3 Å². The molecule has 1 fully saturated rings. The minimum atomic E-state index is -1.00. The van der Waals surface area contributed by atoms with E-state index in [0.717, 1.165) is 16.2 Å². The highest BCUT2D eigenvalue weighted by molar-refractivity contribution is 7.91. The molecule has 0 amide bonds. The van der Waals surface area contributed by atoms with Gasteiger partial charge in [0.2, 0.25) is 0 Å². The third-order valence-corrected chi connectivity index (χ3v) is 6.53. The first-order valence-electron chi connectivity index (χ1n) is 7.96. The molecule has 2 heteroatoms. The third-order valence-electron chi connectivity index (χ3n) is 4.95. The van der Waals surface area contributed by atoms with E-state index in [-0.39, 0.29) is 0 Å². The number of benzene rings is 2. The topological polar surface area (TPSA) is 23.1 Å². The highest BCUT2D eigenvalue weighted by Gasteiger charge is 2.31. The van der Waals surface area contributed by atoms with Crippen molar-refractivity contribution in [3.05, 3.63) is 59.2 Å². The smallest absolute Gasteiger partial charge is 0.162 e. The Bertz CT molecular complexity index is 658. The fraction of sp³-hybridized carbons (Fsp3) is 0.368. The zero-order valence-corrected chi connectivity index (χ0v) is 13.0. The minimum absolute atomic E-state index is 0.677. The quantitative estimate of drug-likeness (QED) is 0.693. The minimum Gasteiger partial charge on any atom is -0.606 e. The zero-order chi connectivity index (χ0) is 14.2. The van der Waals surface area contributed by atoms with Gasteiger partial charge < -0.3 is 4.55 Å². The van der Waals surface area contributed by atoms with Crippen molar-refractivity contribution in [2.75, 3.05) is 0 Å². The van der Waals surface area contributed by atoms with Gasteiger partial charge >= 0.3 is 0 Å². The van der Waals surface area contributed by atoms with E-state index in [1.165, 1.54) is 48.8 Å². The van der Waals surface area contributed by atoms with Crippen molar-refractivity contribution in [2.45, 2.75) is 54.2 Å². The van der Waals surface area contributed by atoms with Gasteiger partial charge in [0, 0.05) is 28.7 Å². The van der Waals surface area contributed by atoms with Crippen LogP contribution in [-0.4, -0.2) is 4.55 Å². The van der Waals surface area contributed by atoms with Crippen LogP contribution in [0.2, 0.25) is 0 Å². The molecule has 2 aromatic carbocycles. The van der Waals surface area contributed by atoms with E-state index in [2.05, 4.69) is 30.3 Å². The van der Waals surface area contributed by atoms with Crippen LogP contribution >= 0.6 is 0 Å². The molecule has 0 radical (unpaired) electrons. The van der Waals surface area contributed by atoms with Crippen LogP contribution in [0.5, 0.6) is 0 Å². The average Bonchev–Trinajstić information content (AvgIpc) is 2.56. The van der Waals surface area contributed by atoms with Gasteiger partial charge in [-0.25, -0.2) is 0 Å². The van der Waals surface area contributed by atoms with E-state index in [4.69, 9.17) is 0 Å². The molecular formula is C19H20OS. The molecule has 0 bridgehead atoms. The summed E-state index contributed by atoms with van der Waals surface area (Å²) in [5, 5.41) is 0. The molecule has 0 aromatic heterocycles. The van der Waals surface area contributed by atoms with Gasteiger partial charge in [0.1, 0.15) is 0 Å². The monoisotopic (exact) mass is 296 g/mol. The lowest BCUT2D eigenvalue weighted by molar-refractivity contribution is 0.441. The molecule has 0 saturated heterocycles. The lowest BCUT2D eigenvalue weighted by atomic mass is 9.81. The molecule has 1 aliphatic carbocycles. The molecule has 2 aromatic rings. The fourth-order valence-corrected chi connectivity index (χ4v) is 5.31. The van der Waals surface area contributed by atoms with Crippen LogP contribution in [0.4, 0.5) is 0 Å². The maximum absolute atomic E-state index is 12.9. The van der Waals surface area contributed by atoms with Crippen molar-refractivity contribution in [3.63, 3.8) is 0 Å². The van der Waals surface area contributed by atoms with E-state index in [9.17, 15) is 4.55 Å². The van der Waals surface area contributed by atoms with E-state index in [1.807, 2.05) is 12.1 Å². The molecule has 1 nitrogen and oxygen atoms in total. The van der Waals surface area contributed by atoms with Crippen LogP contribution in [0.1, 0.15) is 54.7 Å². The Labute approximate surface area is 129 Å². The summed E-state index contributed by atoms with van der Waals surface area (Å²) in [6, 6.07) is 14.6. The molecule has 2 aliphatic rings. The third kappa shape index (κ3) is 2.31. The fourth-order valence-electron chi connectivity index (χ4n) is 3.88. The molecule has 4 rings (SSSR count). The largest absolute Gasteiger partial charge is 0.606 e. The molecule has 21 heavy (non-hydrogen) atoms. The van der Waals surface area contributed by atoms with Gasteiger partial charge in [-0.1, -0.05) is 49.6 Å². The Kier molecular flexibility index (Phi) is 3.52. The molecule has 1 atom stereocenters. The van der Waals surface area contributed by atoms with Crippen LogP contribution in [-0.2, 0) is 17.6 Å². The van der Waals surface area contributed by atoms with Crippen molar-refractivity contribution < 1.29 is 4.55 Å². The van der Waals surface area contributed by atoms with Crippen LogP contribution in [0, 0.1) is 0 Å². The van der Waals surface area contributed by atoms with Crippen molar-refractivity contribution in [3.8, 4) is 0 Å². The maximum Gasteiger partial charge on any atom is 0.162 e. The zero-order valence-electron chi connectivity index (χ0n) is 12.2. The van der Waals surface area contributed by atoms with Crippen molar-refractivity contribution in [2.24, 2.45) is 0 Å². The molecule has 1 aliphatic heterocycles. The Hall–Kier alpha value is -1.25. The lowest BCUT2D eigenvalue weighted by Crippen LogP contribution is -2.18. The highest BCUT2D eigenvalue weighted by Crippen LogP contribution is 2.41. The van der Waals surface area contributed by atoms with Gasteiger partial charge in [0.15, 0.2) is 9.79 Å². The summed E-state index contributed by atoms with van der Waals surface area (Å²) in [5.74, 6) is 0.677. The summed E-state index contributed by atoms with van der Waals surface area (Å²) in [4.78, 5) is 2.06. The highest BCUT2D eigenvalue weighted by atomic mass is 32.2. The number of hydrogen-bond donors (Lipinski definition) is 0. The first-order chi connectivity index (χ1) is 10.3. The van der Waals surface area contributed by atoms with Crippen molar-refractivity contribution in [1.82, 2.24) is 0 Å². The second-order valence-corrected chi connectivity index (χ2v) is 7.63. The second kappa shape index (κ2) is 5.51. The number of rotatable bonds is 1. The van der Waals surface area contributed by atoms with E-state index in [1.54, 1.807) is 0 Å².